The van der Waals surface area contributed by atoms with Crippen LogP contribution in [0.25, 0.3) is 0 Å². The molecular weight excluding hydrogens is 250 g/mol. The second-order valence-corrected chi connectivity index (χ2v) is 5.44. The average molecular weight is 267 g/mol. The second kappa shape index (κ2) is 5.48. The van der Waals surface area contributed by atoms with E-state index in [9.17, 15) is 9.59 Å². The predicted octanol–water partition coefficient (Wildman–Crippen LogP) is 0.669. The van der Waals surface area contributed by atoms with Gasteiger partial charge in [-0.3, -0.25) is 9.59 Å². The van der Waals surface area contributed by atoms with E-state index in [2.05, 4.69) is 10.3 Å². The van der Waals surface area contributed by atoms with Gasteiger partial charge in [-0.1, -0.05) is 13.8 Å². The Hall–Kier alpha value is -1.43. The molecule has 5 nitrogen and oxygen atoms in total. The lowest BCUT2D eigenvalue weighted by Gasteiger charge is -2.37. The standard InChI is InChI=1S/C12H17N3O2S/c1-8(2)11-12(17)13-5-10(16)15(11)4-3-9-6-18-7-14-9/h6-8,11H,3-5H2,1-2H3,(H,13,17). The summed E-state index contributed by atoms with van der Waals surface area (Å²) in [5.41, 5.74) is 2.75. The first kappa shape index (κ1) is 13.0. The number of hydrogen-bond donors (Lipinski definition) is 1. The fourth-order valence-electron chi connectivity index (χ4n) is 2.19. The van der Waals surface area contributed by atoms with Crippen molar-refractivity contribution in [2.24, 2.45) is 5.92 Å². The van der Waals surface area contributed by atoms with E-state index in [0.29, 0.717) is 13.0 Å². The van der Waals surface area contributed by atoms with Crippen LogP contribution in [-0.2, 0) is 16.0 Å². The molecule has 6 heteroatoms. The smallest absolute Gasteiger partial charge is 0.243 e. The molecule has 0 radical (unpaired) electrons. The van der Waals surface area contributed by atoms with Crippen LogP contribution in [0.5, 0.6) is 0 Å². The van der Waals surface area contributed by atoms with Crippen molar-refractivity contribution in [3.8, 4) is 0 Å². The lowest BCUT2D eigenvalue weighted by molar-refractivity contribution is -0.147. The number of carbonyl (C=O) groups is 2. The Labute approximate surface area is 110 Å². The van der Waals surface area contributed by atoms with Crippen LogP contribution in [-0.4, -0.2) is 40.8 Å². The SMILES string of the molecule is CC(C)C1C(=O)NCC(=O)N1CCc1cscn1. The zero-order valence-electron chi connectivity index (χ0n) is 10.5. The number of carbonyl (C=O) groups excluding carboxylic acids is 2. The number of amides is 2. The van der Waals surface area contributed by atoms with E-state index in [1.54, 1.807) is 21.7 Å². The van der Waals surface area contributed by atoms with Gasteiger partial charge in [-0.15, -0.1) is 11.3 Å². The highest BCUT2D eigenvalue weighted by molar-refractivity contribution is 7.07. The summed E-state index contributed by atoms with van der Waals surface area (Å²) in [7, 11) is 0. The normalized spacial score (nSPS) is 20.4. The molecule has 1 aliphatic heterocycles. The molecule has 0 aliphatic carbocycles. The van der Waals surface area contributed by atoms with Crippen molar-refractivity contribution in [3.63, 3.8) is 0 Å². The summed E-state index contributed by atoms with van der Waals surface area (Å²) >= 11 is 1.54. The monoisotopic (exact) mass is 267 g/mol. The van der Waals surface area contributed by atoms with Gasteiger partial charge >= 0.3 is 0 Å². The van der Waals surface area contributed by atoms with Gasteiger partial charge in [-0.2, -0.15) is 0 Å². The van der Waals surface area contributed by atoms with Crippen LogP contribution in [0.4, 0.5) is 0 Å². The quantitative estimate of drug-likeness (QED) is 0.872. The Morgan fingerprint density at radius 2 is 2.33 bits per heavy atom. The molecule has 2 heterocycles. The van der Waals surface area contributed by atoms with Crippen LogP contribution in [0.3, 0.4) is 0 Å². The molecule has 1 aromatic heterocycles. The first-order valence-electron chi connectivity index (χ1n) is 6.04. The van der Waals surface area contributed by atoms with E-state index in [1.807, 2.05) is 19.2 Å². The Kier molecular flexibility index (Phi) is 3.96. The van der Waals surface area contributed by atoms with Crippen molar-refractivity contribution in [1.29, 1.82) is 0 Å². The van der Waals surface area contributed by atoms with E-state index in [1.165, 1.54) is 0 Å². The van der Waals surface area contributed by atoms with Crippen molar-refractivity contribution < 1.29 is 9.59 Å². The summed E-state index contributed by atoms with van der Waals surface area (Å²) in [5.74, 6) is 0.0519. The van der Waals surface area contributed by atoms with Gasteiger partial charge < -0.3 is 10.2 Å². The third-order valence-electron chi connectivity index (χ3n) is 3.06. The number of thiazole rings is 1. The minimum atomic E-state index is -0.357. The molecule has 2 amide bonds. The van der Waals surface area contributed by atoms with Gasteiger partial charge in [-0.05, 0) is 5.92 Å². The Bertz CT molecular complexity index is 431. The van der Waals surface area contributed by atoms with Crippen LogP contribution >= 0.6 is 11.3 Å². The fraction of sp³-hybridized carbons (Fsp3) is 0.583. The zero-order chi connectivity index (χ0) is 13.1. The maximum atomic E-state index is 11.9. The molecule has 1 saturated heterocycles. The number of nitrogens with zero attached hydrogens (tertiary/aromatic N) is 2. The van der Waals surface area contributed by atoms with Crippen molar-refractivity contribution in [2.75, 3.05) is 13.1 Å². The van der Waals surface area contributed by atoms with E-state index in [4.69, 9.17) is 0 Å². The molecule has 0 bridgehead atoms. The third kappa shape index (κ3) is 2.69. The molecule has 0 saturated carbocycles. The van der Waals surface area contributed by atoms with Crippen LogP contribution in [0.15, 0.2) is 10.9 Å². The number of rotatable bonds is 4. The maximum absolute atomic E-state index is 11.9. The highest BCUT2D eigenvalue weighted by Gasteiger charge is 2.36. The Balaban J connectivity index is 2.06. The summed E-state index contributed by atoms with van der Waals surface area (Å²) in [4.78, 5) is 29.6. The minimum Gasteiger partial charge on any atom is -0.345 e. The number of nitrogens with one attached hydrogen (secondary N) is 1. The van der Waals surface area contributed by atoms with Crippen molar-refractivity contribution in [1.82, 2.24) is 15.2 Å². The fourth-order valence-corrected chi connectivity index (χ4v) is 2.78. The van der Waals surface area contributed by atoms with Gasteiger partial charge in [0.25, 0.3) is 0 Å². The molecule has 98 valence electrons. The molecule has 0 spiro atoms. The lowest BCUT2D eigenvalue weighted by Crippen LogP contribution is -2.60. The molecule has 1 aromatic rings. The predicted molar refractivity (Wildman–Crippen MR) is 69.2 cm³/mol. The zero-order valence-corrected chi connectivity index (χ0v) is 11.4. The Morgan fingerprint density at radius 1 is 1.56 bits per heavy atom. The maximum Gasteiger partial charge on any atom is 0.243 e. The average Bonchev–Trinajstić information content (AvgIpc) is 2.82. The molecule has 1 aliphatic rings. The van der Waals surface area contributed by atoms with Gasteiger partial charge in [0.2, 0.25) is 11.8 Å². The molecule has 1 N–H and O–H groups in total. The van der Waals surface area contributed by atoms with Crippen LogP contribution < -0.4 is 5.32 Å². The summed E-state index contributed by atoms with van der Waals surface area (Å²) in [6, 6.07) is -0.357. The summed E-state index contributed by atoms with van der Waals surface area (Å²) in [6.45, 7) is 4.58. The van der Waals surface area contributed by atoms with E-state index >= 15 is 0 Å². The van der Waals surface area contributed by atoms with Crippen LogP contribution in [0, 0.1) is 5.92 Å². The summed E-state index contributed by atoms with van der Waals surface area (Å²) < 4.78 is 0. The van der Waals surface area contributed by atoms with Gasteiger partial charge in [0.05, 0.1) is 17.7 Å². The molecule has 0 aromatic carbocycles. The Morgan fingerprint density at radius 3 is 2.94 bits per heavy atom. The molecule has 2 rings (SSSR count). The van der Waals surface area contributed by atoms with E-state index < -0.39 is 0 Å². The molecule has 18 heavy (non-hydrogen) atoms. The van der Waals surface area contributed by atoms with Crippen molar-refractivity contribution in [3.05, 3.63) is 16.6 Å². The first-order valence-corrected chi connectivity index (χ1v) is 6.98. The molecule has 1 unspecified atom stereocenters. The van der Waals surface area contributed by atoms with Crippen LogP contribution in [0.1, 0.15) is 19.5 Å². The van der Waals surface area contributed by atoms with Crippen LogP contribution in [0.2, 0.25) is 0 Å². The summed E-state index contributed by atoms with van der Waals surface area (Å²) in [5, 5.41) is 4.61. The number of aromatic nitrogens is 1. The van der Waals surface area contributed by atoms with Gasteiger partial charge in [-0.25, -0.2) is 4.98 Å². The molecular formula is C12H17N3O2S. The lowest BCUT2D eigenvalue weighted by atomic mass is 9.99. The largest absolute Gasteiger partial charge is 0.345 e. The molecule has 1 fully saturated rings. The van der Waals surface area contributed by atoms with Crippen molar-refractivity contribution >= 4 is 23.2 Å². The first-order chi connectivity index (χ1) is 8.59. The third-order valence-corrected chi connectivity index (χ3v) is 3.70. The number of hydrogen-bond acceptors (Lipinski definition) is 4. The van der Waals surface area contributed by atoms with E-state index in [0.717, 1.165) is 5.69 Å². The van der Waals surface area contributed by atoms with Crippen molar-refractivity contribution in [2.45, 2.75) is 26.3 Å². The highest BCUT2D eigenvalue weighted by Crippen LogP contribution is 2.15. The second-order valence-electron chi connectivity index (χ2n) is 4.72. The molecule has 1 atom stereocenters. The topological polar surface area (TPSA) is 62.3 Å². The summed E-state index contributed by atoms with van der Waals surface area (Å²) in [6.07, 6.45) is 0.700. The minimum absolute atomic E-state index is 0.0106. The number of piperazine rings is 1. The van der Waals surface area contributed by atoms with Gasteiger partial charge in [0.15, 0.2) is 0 Å². The van der Waals surface area contributed by atoms with Gasteiger partial charge in [0.1, 0.15) is 6.04 Å². The highest BCUT2D eigenvalue weighted by atomic mass is 32.1. The van der Waals surface area contributed by atoms with Gasteiger partial charge in [0, 0.05) is 18.3 Å². The van der Waals surface area contributed by atoms with E-state index in [-0.39, 0.29) is 30.3 Å².